The number of nitrogens with zero attached hydrogens (tertiary/aromatic N) is 3. The number of hydrogen-bond acceptors (Lipinski definition) is 5. The van der Waals surface area contributed by atoms with Crippen LogP contribution in [-0.4, -0.2) is 66.0 Å². The molecule has 0 unspecified atom stereocenters. The summed E-state index contributed by atoms with van der Waals surface area (Å²) in [5, 5.41) is 6.23. The van der Waals surface area contributed by atoms with Crippen LogP contribution >= 0.6 is 11.3 Å². The Bertz CT molecular complexity index is 691. The first kappa shape index (κ1) is 16.7. The molecule has 1 aliphatic heterocycles. The predicted octanol–water partition coefficient (Wildman–Crippen LogP) is 1.58. The Morgan fingerprint density at radius 3 is 2.67 bits per heavy atom. The van der Waals surface area contributed by atoms with Crippen LogP contribution in [0.2, 0.25) is 0 Å². The lowest BCUT2D eigenvalue weighted by atomic mass is 10.3. The van der Waals surface area contributed by atoms with Crippen LogP contribution in [0.5, 0.6) is 0 Å². The van der Waals surface area contributed by atoms with Crippen molar-refractivity contribution in [1.82, 2.24) is 20.1 Å². The van der Waals surface area contributed by atoms with Gasteiger partial charge in [-0.15, -0.1) is 0 Å². The van der Waals surface area contributed by atoms with E-state index >= 15 is 0 Å². The van der Waals surface area contributed by atoms with Gasteiger partial charge in [-0.2, -0.15) is 0 Å². The van der Waals surface area contributed by atoms with Gasteiger partial charge in [0.05, 0.1) is 10.2 Å². The third-order valence-electron chi connectivity index (χ3n) is 4.05. The molecule has 128 valence electrons. The Morgan fingerprint density at radius 2 is 1.96 bits per heavy atom. The molecule has 0 saturated carbocycles. The molecule has 0 aliphatic carbocycles. The minimum absolute atomic E-state index is 0.128. The summed E-state index contributed by atoms with van der Waals surface area (Å²) in [5.41, 5.74) is 0.890. The number of aromatic nitrogens is 1. The third kappa shape index (κ3) is 4.21. The zero-order valence-corrected chi connectivity index (χ0v) is 14.4. The van der Waals surface area contributed by atoms with Gasteiger partial charge in [-0.1, -0.05) is 23.5 Å². The molecule has 8 heteroatoms. The highest BCUT2D eigenvalue weighted by atomic mass is 32.1. The Balaban J connectivity index is 1.39. The van der Waals surface area contributed by atoms with Crippen LogP contribution < -0.4 is 10.6 Å². The number of hydrogen-bond donors (Lipinski definition) is 2. The molecule has 2 heterocycles. The minimum atomic E-state index is -0.239. The van der Waals surface area contributed by atoms with Crippen molar-refractivity contribution in [3.8, 4) is 0 Å². The molecular weight excluding hydrogens is 326 g/mol. The molecule has 1 fully saturated rings. The topological polar surface area (TPSA) is 77.6 Å². The monoisotopic (exact) mass is 347 g/mol. The number of anilines is 1. The molecule has 3 amide bonds. The summed E-state index contributed by atoms with van der Waals surface area (Å²) in [6.07, 6.45) is 0. The maximum absolute atomic E-state index is 11.9. The van der Waals surface area contributed by atoms with Crippen LogP contribution in [0.25, 0.3) is 10.2 Å². The van der Waals surface area contributed by atoms with E-state index in [0.717, 1.165) is 42.9 Å². The highest BCUT2D eigenvalue weighted by Gasteiger charge is 2.18. The van der Waals surface area contributed by atoms with E-state index in [1.807, 2.05) is 29.2 Å². The number of piperazine rings is 1. The zero-order chi connectivity index (χ0) is 16.9. The summed E-state index contributed by atoms with van der Waals surface area (Å²) in [4.78, 5) is 31.7. The van der Waals surface area contributed by atoms with Crippen molar-refractivity contribution >= 4 is 38.6 Å². The Morgan fingerprint density at radius 1 is 1.21 bits per heavy atom. The quantitative estimate of drug-likeness (QED) is 0.880. The second kappa shape index (κ2) is 7.59. The predicted molar refractivity (Wildman–Crippen MR) is 95.3 cm³/mol. The Kier molecular flexibility index (Phi) is 5.27. The first-order valence-electron chi connectivity index (χ1n) is 8.00. The first-order chi connectivity index (χ1) is 11.6. The van der Waals surface area contributed by atoms with Crippen LogP contribution in [0, 0.1) is 0 Å². The second-order valence-corrected chi connectivity index (χ2v) is 6.75. The molecule has 2 N–H and O–H groups in total. The van der Waals surface area contributed by atoms with Crippen LogP contribution in [-0.2, 0) is 4.79 Å². The highest BCUT2D eigenvalue weighted by Crippen LogP contribution is 2.25. The van der Waals surface area contributed by atoms with Gasteiger partial charge in [0, 0.05) is 46.2 Å². The maximum Gasteiger partial charge on any atom is 0.321 e. The van der Waals surface area contributed by atoms with E-state index in [0.29, 0.717) is 11.7 Å². The van der Waals surface area contributed by atoms with Crippen molar-refractivity contribution in [2.75, 3.05) is 44.6 Å². The van der Waals surface area contributed by atoms with Crippen molar-refractivity contribution in [1.29, 1.82) is 0 Å². The summed E-state index contributed by atoms with van der Waals surface area (Å²) in [6, 6.07) is 7.55. The fraction of sp³-hybridized carbons (Fsp3) is 0.438. The van der Waals surface area contributed by atoms with Gasteiger partial charge in [0.25, 0.3) is 0 Å². The number of thiazole rings is 1. The zero-order valence-electron chi connectivity index (χ0n) is 13.6. The number of nitrogens with one attached hydrogen (secondary N) is 2. The molecule has 24 heavy (non-hydrogen) atoms. The fourth-order valence-corrected chi connectivity index (χ4v) is 3.54. The summed E-state index contributed by atoms with van der Waals surface area (Å²) < 4.78 is 1.05. The van der Waals surface area contributed by atoms with Crippen LogP contribution in [0.15, 0.2) is 24.3 Å². The van der Waals surface area contributed by atoms with Gasteiger partial charge in [0.1, 0.15) is 0 Å². The molecule has 1 aliphatic rings. The summed E-state index contributed by atoms with van der Waals surface area (Å²) >= 11 is 1.46. The van der Waals surface area contributed by atoms with Gasteiger partial charge < -0.3 is 10.2 Å². The molecule has 0 bridgehead atoms. The first-order valence-corrected chi connectivity index (χ1v) is 8.82. The third-order valence-corrected chi connectivity index (χ3v) is 5.00. The molecule has 2 aromatic rings. The number of rotatable bonds is 4. The number of carbonyl (C=O) groups is 2. The van der Waals surface area contributed by atoms with Crippen molar-refractivity contribution in [3.63, 3.8) is 0 Å². The molecule has 0 atom stereocenters. The van der Waals surface area contributed by atoms with E-state index in [1.54, 1.807) is 6.92 Å². The summed E-state index contributed by atoms with van der Waals surface area (Å²) in [6.45, 7) is 6.15. The standard InChI is InChI=1S/C16H21N5O2S/c1-12(22)21-10-8-20(9-11-21)7-6-17-15(23)19-16-18-13-4-2-3-5-14(13)24-16/h2-5H,6-11H2,1H3,(H2,17,18,19,23). The van der Waals surface area contributed by atoms with Crippen molar-refractivity contribution in [2.24, 2.45) is 0 Å². The van der Waals surface area contributed by atoms with E-state index in [2.05, 4.69) is 20.5 Å². The number of fused-ring (bicyclic) bond motifs is 1. The normalized spacial score (nSPS) is 15.5. The van der Waals surface area contributed by atoms with Gasteiger partial charge >= 0.3 is 6.03 Å². The van der Waals surface area contributed by atoms with Gasteiger partial charge in [0.2, 0.25) is 5.91 Å². The van der Waals surface area contributed by atoms with E-state index in [1.165, 1.54) is 11.3 Å². The van der Waals surface area contributed by atoms with Crippen molar-refractivity contribution < 1.29 is 9.59 Å². The van der Waals surface area contributed by atoms with Crippen LogP contribution in [0.3, 0.4) is 0 Å². The van der Waals surface area contributed by atoms with Crippen molar-refractivity contribution in [2.45, 2.75) is 6.92 Å². The van der Waals surface area contributed by atoms with Gasteiger partial charge in [-0.25, -0.2) is 9.78 Å². The molecule has 1 aromatic carbocycles. The molecule has 1 saturated heterocycles. The van der Waals surface area contributed by atoms with Crippen LogP contribution in [0.4, 0.5) is 9.93 Å². The number of para-hydroxylation sites is 1. The number of carbonyl (C=O) groups excluding carboxylic acids is 2. The largest absolute Gasteiger partial charge is 0.340 e. The second-order valence-electron chi connectivity index (χ2n) is 5.72. The smallest absolute Gasteiger partial charge is 0.321 e. The molecule has 0 radical (unpaired) electrons. The van der Waals surface area contributed by atoms with Gasteiger partial charge in [-0.05, 0) is 12.1 Å². The maximum atomic E-state index is 11.9. The number of amides is 3. The van der Waals surface area contributed by atoms with Gasteiger partial charge in [0.15, 0.2) is 5.13 Å². The van der Waals surface area contributed by atoms with E-state index in [-0.39, 0.29) is 11.9 Å². The molecule has 7 nitrogen and oxygen atoms in total. The number of benzene rings is 1. The van der Waals surface area contributed by atoms with Gasteiger partial charge in [-0.3, -0.25) is 15.0 Å². The lowest BCUT2D eigenvalue weighted by Crippen LogP contribution is -2.49. The molecular formula is C16H21N5O2S. The SMILES string of the molecule is CC(=O)N1CCN(CCNC(=O)Nc2nc3ccccc3s2)CC1. The molecule has 0 spiro atoms. The van der Waals surface area contributed by atoms with Crippen LogP contribution in [0.1, 0.15) is 6.92 Å². The van der Waals surface area contributed by atoms with E-state index < -0.39 is 0 Å². The summed E-state index contributed by atoms with van der Waals surface area (Å²) in [7, 11) is 0. The Labute approximate surface area is 144 Å². The summed E-state index contributed by atoms with van der Waals surface area (Å²) in [5.74, 6) is 0.128. The average Bonchev–Trinajstić information content (AvgIpc) is 2.97. The van der Waals surface area contributed by atoms with Crippen molar-refractivity contribution in [3.05, 3.63) is 24.3 Å². The molecule has 3 rings (SSSR count). The van der Waals surface area contributed by atoms with E-state index in [4.69, 9.17) is 0 Å². The lowest BCUT2D eigenvalue weighted by molar-refractivity contribution is -0.130. The van der Waals surface area contributed by atoms with E-state index in [9.17, 15) is 9.59 Å². The fourth-order valence-electron chi connectivity index (χ4n) is 2.68. The Hall–Kier alpha value is -2.19. The minimum Gasteiger partial charge on any atom is -0.340 e. The lowest BCUT2D eigenvalue weighted by Gasteiger charge is -2.34. The molecule has 1 aromatic heterocycles. The highest BCUT2D eigenvalue weighted by molar-refractivity contribution is 7.22. The average molecular weight is 347 g/mol. The number of urea groups is 1.